The Hall–Kier alpha value is -1.35. The second-order valence-corrected chi connectivity index (χ2v) is 6.95. The second-order valence-electron chi connectivity index (χ2n) is 6.95. The molecule has 1 N–H and O–H groups in total. The zero-order valence-electron chi connectivity index (χ0n) is 13.7. The van der Waals surface area contributed by atoms with Gasteiger partial charge in [-0.2, -0.15) is 0 Å². The van der Waals surface area contributed by atoms with Gasteiger partial charge in [-0.05, 0) is 38.7 Å². The van der Waals surface area contributed by atoms with Gasteiger partial charge < -0.3 is 10.2 Å². The summed E-state index contributed by atoms with van der Waals surface area (Å²) < 4.78 is 0. The van der Waals surface area contributed by atoms with Crippen molar-refractivity contribution in [3.8, 4) is 0 Å². The highest BCUT2D eigenvalue weighted by Gasteiger charge is 2.39. The number of nitrogens with zero attached hydrogens (tertiary/aromatic N) is 1. The van der Waals surface area contributed by atoms with Gasteiger partial charge in [0.05, 0.1) is 6.04 Å². The lowest BCUT2D eigenvalue weighted by molar-refractivity contribution is -0.134. The lowest BCUT2D eigenvalue weighted by Crippen LogP contribution is -2.49. The molecule has 3 nitrogen and oxygen atoms in total. The van der Waals surface area contributed by atoms with Crippen molar-refractivity contribution < 1.29 is 4.79 Å². The Balaban J connectivity index is 1.95. The molecule has 2 rings (SSSR count). The van der Waals surface area contributed by atoms with Gasteiger partial charge in [0, 0.05) is 18.1 Å². The molecule has 1 aliphatic rings. The van der Waals surface area contributed by atoms with Gasteiger partial charge >= 0.3 is 0 Å². The highest BCUT2D eigenvalue weighted by molar-refractivity contribution is 5.84. The van der Waals surface area contributed by atoms with E-state index in [2.05, 4.69) is 62.2 Å². The molecule has 1 unspecified atom stereocenters. The molecular formula is C18H28N2O. The summed E-state index contributed by atoms with van der Waals surface area (Å²) in [6, 6.07) is 10.9. The maximum atomic E-state index is 12.6. The molecule has 0 saturated carbocycles. The van der Waals surface area contributed by atoms with E-state index in [1.54, 1.807) is 0 Å². The summed E-state index contributed by atoms with van der Waals surface area (Å²) in [5, 5.41) is 3.38. The normalized spacial score (nSPS) is 19.6. The van der Waals surface area contributed by atoms with E-state index < -0.39 is 0 Å². The minimum atomic E-state index is -0.0830. The van der Waals surface area contributed by atoms with E-state index in [0.717, 1.165) is 25.8 Å². The topological polar surface area (TPSA) is 32.3 Å². The van der Waals surface area contributed by atoms with E-state index in [4.69, 9.17) is 0 Å². The number of rotatable bonds is 6. The third-order valence-corrected chi connectivity index (χ3v) is 4.34. The van der Waals surface area contributed by atoms with Crippen LogP contribution in [-0.2, 0) is 11.2 Å². The minimum Gasteiger partial charge on any atom is -0.336 e. The molecule has 1 amide bonds. The van der Waals surface area contributed by atoms with Crippen molar-refractivity contribution in [2.24, 2.45) is 0 Å². The van der Waals surface area contributed by atoms with E-state index in [1.165, 1.54) is 5.56 Å². The average Bonchev–Trinajstić information content (AvgIpc) is 2.79. The molecular weight excluding hydrogens is 260 g/mol. The summed E-state index contributed by atoms with van der Waals surface area (Å²) in [5.41, 5.74) is 1.26. The van der Waals surface area contributed by atoms with Gasteiger partial charge in [-0.1, -0.05) is 44.2 Å². The summed E-state index contributed by atoms with van der Waals surface area (Å²) in [4.78, 5) is 14.6. The Labute approximate surface area is 128 Å². The van der Waals surface area contributed by atoms with Crippen LogP contribution in [0, 0.1) is 0 Å². The highest BCUT2D eigenvalue weighted by Crippen LogP contribution is 2.27. The van der Waals surface area contributed by atoms with Crippen LogP contribution < -0.4 is 5.32 Å². The Bertz CT molecular complexity index is 467. The first-order chi connectivity index (χ1) is 9.90. The zero-order valence-corrected chi connectivity index (χ0v) is 13.7. The van der Waals surface area contributed by atoms with Crippen molar-refractivity contribution >= 4 is 5.91 Å². The zero-order chi connectivity index (χ0) is 15.5. The lowest BCUT2D eigenvalue weighted by Gasteiger charge is -2.36. The van der Waals surface area contributed by atoms with Gasteiger partial charge in [-0.3, -0.25) is 4.79 Å². The number of likely N-dealkylation sites (tertiary alicyclic amines) is 1. The quantitative estimate of drug-likeness (QED) is 0.873. The van der Waals surface area contributed by atoms with Gasteiger partial charge in [-0.15, -0.1) is 0 Å². The first kappa shape index (κ1) is 16.0. The van der Waals surface area contributed by atoms with E-state index in [1.807, 2.05) is 6.07 Å². The molecule has 1 aliphatic heterocycles. The fourth-order valence-corrected chi connectivity index (χ4v) is 3.07. The fourth-order valence-electron chi connectivity index (χ4n) is 3.07. The molecule has 116 valence electrons. The highest BCUT2D eigenvalue weighted by atomic mass is 16.2. The van der Waals surface area contributed by atoms with Gasteiger partial charge in [0.25, 0.3) is 0 Å². The van der Waals surface area contributed by atoms with Crippen LogP contribution in [0.3, 0.4) is 0 Å². The molecule has 1 fully saturated rings. The van der Waals surface area contributed by atoms with Gasteiger partial charge in [0.15, 0.2) is 0 Å². The molecule has 1 atom stereocenters. The number of hydrogen-bond donors (Lipinski definition) is 1. The molecule has 0 aliphatic carbocycles. The number of hydrogen-bond acceptors (Lipinski definition) is 2. The van der Waals surface area contributed by atoms with E-state index in [9.17, 15) is 4.79 Å². The molecule has 1 aromatic carbocycles. The average molecular weight is 288 g/mol. The maximum Gasteiger partial charge on any atom is 0.240 e. The number of benzene rings is 1. The summed E-state index contributed by atoms with van der Waals surface area (Å²) in [6.45, 7) is 9.43. The molecule has 1 aromatic rings. The predicted octanol–water partition coefficient (Wildman–Crippen LogP) is 3.00. The largest absolute Gasteiger partial charge is 0.336 e. The third kappa shape index (κ3) is 4.07. The lowest BCUT2D eigenvalue weighted by atomic mass is 9.93. The van der Waals surface area contributed by atoms with Crippen LogP contribution in [0.1, 0.15) is 46.1 Å². The molecule has 3 heteroatoms. The Morgan fingerprint density at radius 3 is 2.57 bits per heavy atom. The van der Waals surface area contributed by atoms with E-state index in [0.29, 0.717) is 6.04 Å². The van der Waals surface area contributed by atoms with Crippen LogP contribution in [0.5, 0.6) is 0 Å². The fraction of sp³-hybridized carbons (Fsp3) is 0.611. The van der Waals surface area contributed by atoms with Gasteiger partial charge in [0.2, 0.25) is 5.91 Å². The van der Waals surface area contributed by atoms with Crippen LogP contribution in [0.2, 0.25) is 0 Å². The number of amides is 1. The number of nitrogens with one attached hydrogen (secondary N) is 1. The first-order valence-electron chi connectivity index (χ1n) is 8.01. The molecule has 21 heavy (non-hydrogen) atoms. The minimum absolute atomic E-state index is 0.000926. The van der Waals surface area contributed by atoms with Gasteiger partial charge in [-0.25, -0.2) is 0 Å². The number of carbonyl (C=O) groups excluding carboxylic acids is 1. The molecule has 0 aromatic heterocycles. The van der Waals surface area contributed by atoms with E-state index in [-0.39, 0.29) is 17.5 Å². The Morgan fingerprint density at radius 2 is 1.95 bits per heavy atom. The van der Waals surface area contributed by atoms with Crippen molar-refractivity contribution in [3.63, 3.8) is 0 Å². The molecule has 0 radical (unpaired) electrons. The summed E-state index contributed by atoms with van der Waals surface area (Å²) in [5.74, 6) is 0.266. The summed E-state index contributed by atoms with van der Waals surface area (Å²) in [6.07, 6.45) is 2.93. The van der Waals surface area contributed by atoms with Crippen molar-refractivity contribution in [2.45, 2.75) is 64.6 Å². The summed E-state index contributed by atoms with van der Waals surface area (Å²) in [7, 11) is 0. The Kier molecular flexibility index (Phi) is 5.04. The van der Waals surface area contributed by atoms with Crippen LogP contribution in [0.25, 0.3) is 0 Å². The molecule has 0 spiro atoms. The monoisotopic (exact) mass is 288 g/mol. The molecule has 1 heterocycles. The van der Waals surface area contributed by atoms with Crippen molar-refractivity contribution in [1.82, 2.24) is 10.2 Å². The third-order valence-electron chi connectivity index (χ3n) is 4.34. The maximum absolute atomic E-state index is 12.6. The van der Waals surface area contributed by atoms with Crippen molar-refractivity contribution in [3.05, 3.63) is 35.9 Å². The first-order valence-corrected chi connectivity index (χ1v) is 8.01. The van der Waals surface area contributed by atoms with Crippen molar-refractivity contribution in [1.29, 1.82) is 0 Å². The van der Waals surface area contributed by atoms with Crippen LogP contribution >= 0.6 is 0 Å². The Morgan fingerprint density at radius 1 is 1.29 bits per heavy atom. The van der Waals surface area contributed by atoms with E-state index >= 15 is 0 Å². The van der Waals surface area contributed by atoms with Crippen LogP contribution in [0.4, 0.5) is 0 Å². The molecule has 0 bridgehead atoms. The predicted molar refractivity (Wildman–Crippen MR) is 87.2 cm³/mol. The number of carbonyl (C=O) groups is 1. The molecule has 1 saturated heterocycles. The second kappa shape index (κ2) is 6.61. The van der Waals surface area contributed by atoms with Gasteiger partial charge in [0.1, 0.15) is 0 Å². The smallest absolute Gasteiger partial charge is 0.240 e. The SMILES string of the molecule is CC(C)NC1CCN(C(C)(C)CCc2ccccc2)C1=O. The van der Waals surface area contributed by atoms with Crippen molar-refractivity contribution in [2.75, 3.05) is 6.54 Å². The van der Waals surface area contributed by atoms with Crippen LogP contribution in [0.15, 0.2) is 30.3 Å². The van der Waals surface area contributed by atoms with Crippen LogP contribution in [-0.4, -0.2) is 35.0 Å². The summed E-state index contributed by atoms with van der Waals surface area (Å²) >= 11 is 0. The number of aryl methyl sites for hydroxylation is 1. The standard InChI is InChI=1S/C18H28N2O/c1-14(2)19-16-11-13-20(17(16)21)18(3,4)12-10-15-8-6-5-7-9-15/h5-9,14,16,19H,10-13H2,1-4H3.